The van der Waals surface area contributed by atoms with Crippen molar-refractivity contribution in [1.29, 1.82) is 0 Å². The number of hydrogen-bond donors (Lipinski definition) is 1. The van der Waals surface area contributed by atoms with Gasteiger partial charge in [-0.05, 0) is 49.6 Å². The molecule has 0 unspecified atom stereocenters. The molecule has 1 N–H and O–H groups in total. The monoisotopic (exact) mass is 374 g/mol. The lowest BCUT2D eigenvalue weighted by Crippen LogP contribution is -2.34. The van der Waals surface area contributed by atoms with Gasteiger partial charge in [-0.1, -0.05) is 35.9 Å². The highest BCUT2D eigenvalue weighted by Crippen LogP contribution is 2.21. The number of nitrogens with one attached hydrogen (secondary N) is 1. The fourth-order valence-electron chi connectivity index (χ4n) is 2.68. The van der Waals surface area contributed by atoms with Crippen molar-refractivity contribution in [1.82, 2.24) is 5.32 Å². The quantitative estimate of drug-likeness (QED) is 0.810. The fourth-order valence-corrected chi connectivity index (χ4v) is 3.60. The second-order valence-electron chi connectivity index (χ2n) is 6.62. The molecule has 0 atom stereocenters. The molecule has 2 rings (SSSR count). The highest BCUT2D eigenvalue weighted by molar-refractivity contribution is 7.92. The van der Waals surface area contributed by atoms with Gasteiger partial charge in [-0.25, -0.2) is 8.42 Å². The normalized spacial score (nSPS) is 11.2. The number of nitrogens with zero attached hydrogens (tertiary/aromatic N) is 1. The Morgan fingerprint density at radius 2 is 1.77 bits per heavy atom. The summed E-state index contributed by atoms with van der Waals surface area (Å²) in [5.41, 5.74) is 4.85. The smallest absolute Gasteiger partial charge is 0.232 e. The number of hydrogen-bond acceptors (Lipinski definition) is 3. The van der Waals surface area contributed by atoms with E-state index in [2.05, 4.69) is 5.32 Å². The Labute approximate surface area is 156 Å². The molecule has 0 fully saturated rings. The van der Waals surface area contributed by atoms with E-state index >= 15 is 0 Å². The third-order valence-electron chi connectivity index (χ3n) is 4.29. The number of amides is 1. The molecule has 26 heavy (non-hydrogen) atoms. The lowest BCUT2D eigenvalue weighted by molar-refractivity contribution is -0.121. The molecule has 2 aromatic carbocycles. The van der Waals surface area contributed by atoms with Crippen LogP contribution in [0.3, 0.4) is 0 Å². The van der Waals surface area contributed by atoms with Crippen LogP contribution in [0.4, 0.5) is 5.69 Å². The highest BCUT2D eigenvalue weighted by atomic mass is 32.2. The molecule has 2 aromatic rings. The third kappa shape index (κ3) is 5.59. The maximum absolute atomic E-state index is 12.2. The van der Waals surface area contributed by atoms with Gasteiger partial charge in [0.05, 0.1) is 11.9 Å². The van der Waals surface area contributed by atoms with E-state index in [0.717, 1.165) is 28.5 Å². The molecule has 0 spiro atoms. The molecule has 0 heterocycles. The molecule has 0 saturated heterocycles. The predicted octanol–water partition coefficient (Wildman–Crippen LogP) is 3.08. The molecule has 140 valence electrons. The standard InChI is InChI=1S/C20H26N2O3S/c1-15-6-5-7-18(12-15)14-21-20(23)10-11-22(26(4,24)25)19-9-8-16(2)17(3)13-19/h5-9,12-13H,10-11,14H2,1-4H3,(H,21,23). The molecule has 6 heteroatoms. The number of anilines is 1. The molecule has 0 radical (unpaired) electrons. The van der Waals surface area contributed by atoms with Crippen LogP contribution in [0.1, 0.15) is 28.7 Å². The molecule has 0 aliphatic carbocycles. The van der Waals surface area contributed by atoms with Crippen LogP contribution in [0.5, 0.6) is 0 Å². The van der Waals surface area contributed by atoms with E-state index in [1.807, 2.05) is 57.2 Å². The lowest BCUT2D eigenvalue weighted by atomic mass is 10.1. The van der Waals surface area contributed by atoms with E-state index in [4.69, 9.17) is 0 Å². The van der Waals surface area contributed by atoms with E-state index in [1.165, 1.54) is 4.31 Å². The minimum atomic E-state index is -3.46. The third-order valence-corrected chi connectivity index (χ3v) is 5.49. The average molecular weight is 375 g/mol. The van der Waals surface area contributed by atoms with Gasteiger partial charge in [-0.2, -0.15) is 0 Å². The maximum Gasteiger partial charge on any atom is 0.232 e. The van der Waals surface area contributed by atoms with Crippen LogP contribution in [0.2, 0.25) is 0 Å². The summed E-state index contributed by atoms with van der Waals surface area (Å²) in [4.78, 5) is 12.2. The number of rotatable bonds is 7. The van der Waals surface area contributed by atoms with Crippen LogP contribution in [0.15, 0.2) is 42.5 Å². The Balaban J connectivity index is 2.00. The van der Waals surface area contributed by atoms with Gasteiger partial charge in [0, 0.05) is 19.5 Å². The number of carbonyl (C=O) groups is 1. The zero-order valence-electron chi connectivity index (χ0n) is 15.7. The number of sulfonamides is 1. The summed E-state index contributed by atoms with van der Waals surface area (Å²) in [7, 11) is -3.46. The van der Waals surface area contributed by atoms with E-state index in [1.54, 1.807) is 6.07 Å². The van der Waals surface area contributed by atoms with Crippen molar-refractivity contribution in [3.63, 3.8) is 0 Å². The minimum Gasteiger partial charge on any atom is -0.352 e. The van der Waals surface area contributed by atoms with Gasteiger partial charge >= 0.3 is 0 Å². The van der Waals surface area contributed by atoms with E-state index in [9.17, 15) is 13.2 Å². The zero-order valence-corrected chi connectivity index (χ0v) is 16.6. The lowest BCUT2D eigenvalue weighted by Gasteiger charge is -2.23. The van der Waals surface area contributed by atoms with E-state index in [-0.39, 0.29) is 18.9 Å². The summed E-state index contributed by atoms with van der Waals surface area (Å²) in [6, 6.07) is 13.4. The van der Waals surface area contributed by atoms with Crippen molar-refractivity contribution in [2.45, 2.75) is 33.7 Å². The summed E-state index contributed by atoms with van der Waals surface area (Å²) in [6.07, 6.45) is 1.26. The number of benzene rings is 2. The van der Waals surface area contributed by atoms with Crippen molar-refractivity contribution >= 4 is 21.6 Å². The van der Waals surface area contributed by atoms with Gasteiger partial charge in [-0.3, -0.25) is 9.10 Å². The first-order valence-corrected chi connectivity index (χ1v) is 10.4. The van der Waals surface area contributed by atoms with Crippen LogP contribution in [0.25, 0.3) is 0 Å². The van der Waals surface area contributed by atoms with Gasteiger partial charge in [0.25, 0.3) is 0 Å². The van der Waals surface area contributed by atoms with Gasteiger partial charge in [-0.15, -0.1) is 0 Å². The molecule has 1 amide bonds. The Bertz CT molecular complexity index is 892. The summed E-state index contributed by atoms with van der Waals surface area (Å²) >= 11 is 0. The van der Waals surface area contributed by atoms with Gasteiger partial charge in [0.15, 0.2) is 0 Å². The Kier molecular flexibility index (Phi) is 6.42. The summed E-state index contributed by atoms with van der Waals surface area (Å²) in [6.45, 7) is 6.46. The molecule has 0 aliphatic heterocycles. The van der Waals surface area contributed by atoms with Crippen LogP contribution in [0, 0.1) is 20.8 Å². The minimum absolute atomic E-state index is 0.103. The van der Waals surface area contributed by atoms with E-state index in [0.29, 0.717) is 12.2 Å². The Hall–Kier alpha value is -2.34. The van der Waals surface area contributed by atoms with Gasteiger partial charge < -0.3 is 5.32 Å². The van der Waals surface area contributed by atoms with Crippen molar-refractivity contribution in [2.75, 3.05) is 17.1 Å². The summed E-state index contributed by atoms with van der Waals surface area (Å²) in [5.74, 6) is -0.177. The molecule has 0 saturated carbocycles. The second-order valence-corrected chi connectivity index (χ2v) is 8.53. The van der Waals surface area contributed by atoms with Crippen LogP contribution >= 0.6 is 0 Å². The molecule has 0 aliphatic rings. The fraction of sp³-hybridized carbons (Fsp3) is 0.350. The molecule has 5 nitrogen and oxygen atoms in total. The van der Waals surface area contributed by atoms with Gasteiger partial charge in [0.2, 0.25) is 15.9 Å². The topological polar surface area (TPSA) is 66.5 Å². The number of carbonyl (C=O) groups excluding carboxylic acids is 1. The molecule has 0 bridgehead atoms. The highest BCUT2D eigenvalue weighted by Gasteiger charge is 2.19. The molecular formula is C20H26N2O3S. The Morgan fingerprint density at radius 3 is 2.38 bits per heavy atom. The van der Waals surface area contributed by atoms with Crippen molar-refractivity contribution < 1.29 is 13.2 Å². The molecular weight excluding hydrogens is 348 g/mol. The van der Waals surface area contributed by atoms with Crippen molar-refractivity contribution in [2.24, 2.45) is 0 Å². The predicted molar refractivity (Wildman–Crippen MR) is 106 cm³/mol. The largest absolute Gasteiger partial charge is 0.352 e. The van der Waals surface area contributed by atoms with Crippen LogP contribution < -0.4 is 9.62 Å². The first kappa shape index (κ1) is 20.0. The zero-order chi connectivity index (χ0) is 19.3. The molecule has 0 aromatic heterocycles. The van der Waals surface area contributed by atoms with Crippen LogP contribution in [-0.2, 0) is 21.4 Å². The van der Waals surface area contributed by atoms with Crippen molar-refractivity contribution in [3.8, 4) is 0 Å². The maximum atomic E-state index is 12.2. The summed E-state index contributed by atoms with van der Waals surface area (Å²) < 4.78 is 25.6. The first-order chi connectivity index (χ1) is 12.2. The number of aryl methyl sites for hydroxylation is 3. The summed E-state index contributed by atoms with van der Waals surface area (Å²) in [5, 5.41) is 2.84. The first-order valence-electron chi connectivity index (χ1n) is 8.54. The van der Waals surface area contributed by atoms with E-state index < -0.39 is 10.0 Å². The van der Waals surface area contributed by atoms with Crippen molar-refractivity contribution in [3.05, 3.63) is 64.7 Å². The SMILES string of the molecule is Cc1cccc(CNC(=O)CCN(c2ccc(C)c(C)c2)S(C)(=O)=O)c1. The second kappa shape index (κ2) is 8.36. The average Bonchev–Trinajstić information content (AvgIpc) is 2.55. The van der Waals surface area contributed by atoms with Crippen LogP contribution in [-0.4, -0.2) is 27.1 Å². The Morgan fingerprint density at radius 1 is 1.04 bits per heavy atom. The van der Waals surface area contributed by atoms with Gasteiger partial charge in [0.1, 0.15) is 0 Å².